The number of rotatable bonds is 11. The van der Waals surface area contributed by atoms with Gasteiger partial charge in [-0.15, -0.1) is 0 Å². The molecule has 3 rings (SSSR count). The molecule has 0 fully saturated rings. The van der Waals surface area contributed by atoms with Crippen molar-refractivity contribution in [3.05, 3.63) is 77.6 Å². The molecule has 10 nitrogen and oxygen atoms in total. The summed E-state index contributed by atoms with van der Waals surface area (Å²) in [6.45, 7) is 1.57. The van der Waals surface area contributed by atoms with Gasteiger partial charge in [0.25, 0.3) is 0 Å². The van der Waals surface area contributed by atoms with E-state index in [4.69, 9.17) is 23.7 Å². The van der Waals surface area contributed by atoms with Crippen molar-refractivity contribution >= 4 is 11.9 Å². The molecule has 0 aliphatic heterocycles. The third kappa shape index (κ3) is 6.23. The molecule has 0 N–H and O–H groups in total. The lowest BCUT2D eigenvalue weighted by Gasteiger charge is -2.30. The van der Waals surface area contributed by atoms with Crippen LogP contribution < -0.4 is 4.74 Å². The highest BCUT2D eigenvalue weighted by Crippen LogP contribution is 2.24. The van der Waals surface area contributed by atoms with Crippen molar-refractivity contribution in [2.75, 3.05) is 34.0 Å². The average Bonchev–Trinajstić information content (AvgIpc) is 3.40. The first-order valence-corrected chi connectivity index (χ1v) is 10.7. The summed E-state index contributed by atoms with van der Waals surface area (Å²) >= 11 is 0. The Hall–Kier alpha value is -4.20. The maximum absolute atomic E-state index is 12.3. The van der Waals surface area contributed by atoms with Gasteiger partial charge in [-0.2, -0.15) is 10.4 Å². The Balaban J connectivity index is 1.70. The first-order chi connectivity index (χ1) is 16.9. The maximum atomic E-state index is 12.3. The van der Waals surface area contributed by atoms with E-state index in [0.29, 0.717) is 16.8 Å². The number of carbonyl (C=O) groups is 2. The van der Waals surface area contributed by atoms with E-state index in [-0.39, 0.29) is 31.1 Å². The van der Waals surface area contributed by atoms with E-state index in [1.54, 1.807) is 55.5 Å². The Morgan fingerprint density at radius 1 is 1.00 bits per heavy atom. The van der Waals surface area contributed by atoms with Crippen molar-refractivity contribution in [3.63, 3.8) is 0 Å². The predicted octanol–water partition coefficient (Wildman–Crippen LogP) is 3.15. The van der Waals surface area contributed by atoms with Crippen LogP contribution in [0.3, 0.4) is 0 Å². The van der Waals surface area contributed by atoms with Gasteiger partial charge in [-0.25, -0.2) is 14.3 Å². The molecule has 0 aliphatic rings. The summed E-state index contributed by atoms with van der Waals surface area (Å²) in [6, 6.07) is 15.4. The molecule has 1 heterocycles. The summed E-state index contributed by atoms with van der Waals surface area (Å²) in [5, 5.41) is 13.8. The first-order valence-electron chi connectivity index (χ1n) is 10.7. The monoisotopic (exact) mass is 479 g/mol. The second-order valence-electron chi connectivity index (χ2n) is 7.24. The highest BCUT2D eigenvalue weighted by atomic mass is 16.7. The molecular formula is C25H25N3O7. The van der Waals surface area contributed by atoms with Crippen molar-refractivity contribution in [1.82, 2.24) is 9.78 Å². The Labute approximate surface area is 202 Å². The predicted molar refractivity (Wildman–Crippen MR) is 123 cm³/mol. The number of aromatic nitrogens is 2. The van der Waals surface area contributed by atoms with Crippen molar-refractivity contribution in [3.8, 4) is 17.5 Å². The van der Waals surface area contributed by atoms with E-state index in [0.717, 1.165) is 0 Å². The molecule has 182 valence electrons. The van der Waals surface area contributed by atoms with Gasteiger partial charge in [0.15, 0.2) is 0 Å². The largest absolute Gasteiger partial charge is 0.486 e. The molecule has 0 radical (unpaired) electrons. The van der Waals surface area contributed by atoms with Crippen LogP contribution in [0.4, 0.5) is 0 Å². The highest BCUT2D eigenvalue weighted by molar-refractivity contribution is 5.89. The van der Waals surface area contributed by atoms with Gasteiger partial charge in [-0.05, 0) is 37.3 Å². The molecule has 3 aromatic rings. The lowest BCUT2D eigenvalue weighted by atomic mass is 10.2. The van der Waals surface area contributed by atoms with Crippen LogP contribution in [0.5, 0.6) is 5.75 Å². The topological polar surface area (TPSA) is 122 Å². The number of nitriles is 1. The summed E-state index contributed by atoms with van der Waals surface area (Å²) in [5.41, 5.74) is 1.45. The summed E-state index contributed by atoms with van der Waals surface area (Å²) in [4.78, 5) is 24.2. The molecule has 0 amide bonds. The molecule has 0 bridgehead atoms. The normalized spacial score (nSPS) is 10.9. The van der Waals surface area contributed by atoms with Crippen LogP contribution in [0.15, 0.2) is 60.9 Å². The fourth-order valence-corrected chi connectivity index (χ4v) is 3.04. The second-order valence-corrected chi connectivity index (χ2v) is 7.24. The SMILES string of the molecule is CCOC(=O)c1cnn(-c2ccc(OCC(COC(=O)c3ccccc3)(OC)OC)c(C#N)c2)c1. The van der Waals surface area contributed by atoms with Crippen LogP contribution in [0.2, 0.25) is 0 Å². The number of esters is 2. The molecule has 0 aliphatic carbocycles. The Bertz CT molecular complexity index is 1200. The molecule has 1 aromatic heterocycles. The van der Waals surface area contributed by atoms with Gasteiger partial charge < -0.3 is 23.7 Å². The molecule has 0 spiro atoms. The number of carbonyl (C=O) groups excluding carboxylic acids is 2. The Morgan fingerprint density at radius 3 is 2.37 bits per heavy atom. The molecule has 0 unspecified atom stereocenters. The molecule has 0 saturated heterocycles. The minimum Gasteiger partial charge on any atom is -0.486 e. The fourth-order valence-electron chi connectivity index (χ4n) is 3.04. The van der Waals surface area contributed by atoms with Gasteiger partial charge in [-0.3, -0.25) is 0 Å². The number of hydrogen-bond donors (Lipinski definition) is 0. The fraction of sp³-hybridized carbons (Fsp3) is 0.280. The van der Waals surface area contributed by atoms with E-state index >= 15 is 0 Å². The van der Waals surface area contributed by atoms with Crippen molar-refractivity contribution in [1.29, 1.82) is 5.26 Å². The number of methoxy groups -OCH3 is 2. The standard InChI is InChI=1S/C25H25N3O7/c1-4-33-24(30)20-14-27-28(15-20)21-10-11-22(19(12-21)13-26)34-16-25(31-2,32-3)17-35-23(29)18-8-6-5-7-9-18/h5-12,14-15H,4,16-17H2,1-3H3. The number of hydrogen-bond acceptors (Lipinski definition) is 9. The summed E-state index contributed by atoms with van der Waals surface area (Å²) in [5.74, 6) is -2.15. The number of ether oxygens (including phenoxy) is 5. The highest BCUT2D eigenvalue weighted by Gasteiger charge is 2.34. The van der Waals surface area contributed by atoms with E-state index in [1.807, 2.05) is 0 Å². The molecule has 2 aromatic carbocycles. The third-order valence-corrected chi connectivity index (χ3v) is 5.07. The zero-order valence-electron chi connectivity index (χ0n) is 19.6. The molecule has 35 heavy (non-hydrogen) atoms. The Morgan fingerprint density at radius 2 is 1.71 bits per heavy atom. The lowest BCUT2D eigenvalue weighted by molar-refractivity contribution is -0.240. The second kappa shape index (κ2) is 11.8. The minimum absolute atomic E-state index is 0.162. The van der Waals surface area contributed by atoms with E-state index in [2.05, 4.69) is 11.2 Å². The molecule has 10 heteroatoms. The van der Waals surface area contributed by atoms with Crippen LogP contribution in [-0.4, -0.2) is 61.5 Å². The van der Waals surface area contributed by atoms with Crippen LogP contribution in [0, 0.1) is 11.3 Å². The quantitative estimate of drug-likeness (QED) is 0.301. The number of benzene rings is 2. The summed E-state index contributed by atoms with van der Waals surface area (Å²) < 4.78 is 28.5. The van der Waals surface area contributed by atoms with E-state index < -0.39 is 17.7 Å². The average molecular weight is 479 g/mol. The maximum Gasteiger partial charge on any atom is 0.341 e. The van der Waals surface area contributed by atoms with Crippen LogP contribution in [0.25, 0.3) is 5.69 Å². The first kappa shape index (κ1) is 25.4. The van der Waals surface area contributed by atoms with Crippen molar-refractivity contribution in [2.24, 2.45) is 0 Å². The minimum atomic E-state index is -1.40. The van der Waals surface area contributed by atoms with Crippen LogP contribution >= 0.6 is 0 Å². The van der Waals surface area contributed by atoms with Gasteiger partial charge in [0.2, 0.25) is 5.79 Å². The van der Waals surface area contributed by atoms with Gasteiger partial charge in [0, 0.05) is 20.4 Å². The number of nitrogens with zero attached hydrogens (tertiary/aromatic N) is 3. The van der Waals surface area contributed by atoms with Crippen LogP contribution in [-0.2, 0) is 18.9 Å². The third-order valence-electron chi connectivity index (χ3n) is 5.07. The molecule has 0 saturated carbocycles. The lowest BCUT2D eigenvalue weighted by Crippen LogP contribution is -2.45. The molecular weight excluding hydrogens is 454 g/mol. The zero-order chi connectivity index (χ0) is 25.3. The van der Waals surface area contributed by atoms with Gasteiger partial charge in [0.05, 0.1) is 35.2 Å². The zero-order valence-corrected chi connectivity index (χ0v) is 19.6. The van der Waals surface area contributed by atoms with Gasteiger partial charge in [-0.1, -0.05) is 18.2 Å². The van der Waals surface area contributed by atoms with Crippen molar-refractivity contribution in [2.45, 2.75) is 12.7 Å². The van der Waals surface area contributed by atoms with Crippen LogP contribution in [0.1, 0.15) is 33.2 Å². The van der Waals surface area contributed by atoms with E-state index in [9.17, 15) is 14.9 Å². The summed E-state index contributed by atoms with van der Waals surface area (Å²) in [7, 11) is 2.80. The van der Waals surface area contributed by atoms with E-state index in [1.165, 1.54) is 31.3 Å². The Kier molecular flexibility index (Phi) is 8.56. The smallest absolute Gasteiger partial charge is 0.341 e. The van der Waals surface area contributed by atoms with Gasteiger partial charge >= 0.3 is 11.9 Å². The molecule has 0 atom stereocenters. The summed E-state index contributed by atoms with van der Waals surface area (Å²) in [6.07, 6.45) is 2.90. The van der Waals surface area contributed by atoms with Crippen molar-refractivity contribution < 1.29 is 33.3 Å². The van der Waals surface area contributed by atoms with Gasteiger partial charge in [0.1, 0.15) is 25.0 Å².